The maximum atomic E-state index is 12.5. The van der Waals surface area contributed by atoms with E-state index >= 15 is 0 Å². The van der Waals surface area contributed by atoms with E-state index in [1.54, 1.807) is 14.2 Å². The van der Waals surface area contributed by atoms with Gasteiger partial charge in [-0.2, -0.15) is 10.2 Å². The molecule has 2 unspecified atom stereocenters. The van der Waals surface area contributed by atoms with E-state index in [1.165, 1.54) is 0 Å². The van der Waals surface area contributed by atoms with Gasteiger partial charge in [-0.25, -0.2) is 0 Å². The summed E-state index contributed by atoms with van der Waals surface area (Å²) in [7, 11) is 3.22. The third-order valence-corrected chi connectivity index (χ3v) is 7.71. The maximum Gasteiger partial charge on any atom is 0.229 e. The number of nitrogens with zero attached hydrogens (tertiary/aromatic N) is 4. The van der Waals surface area contributed by atoms with E-state index in [1.807, 2.05) is 72.8 Å². The van der Waals surface area contributed by atoms with Gasteiger partial charge in [0.15, 0.2) is 11.6 Å². The van der Waals surface area contributed by atoms with Crippen LogP contribution in [-0.2, 0) is 22.4 Å². The molecule has 2 heterocycles. The smallest absolute Gasteiger partial charge is 0.229 e. The lowest BCUT2D eigenvalue weighted by Crippen LogP contribution is -2.16. The number of hydrogen-bond acceptors (Lipinski definition) is 8. The molecule has 2 amide bonds. The van der Waals surface area contributed by atoms with Crippen LogP contribution in [0.4, 0.5) is 11.6 Å². The quantitative estimate of drug-likeness (QED) is 0.236. The predicted octanol–water partition coefficient (Wildman–Crippen LogP) is 5.48. The lowest BCUT2D eigenvalue weighted by atomic mass is 9.88. The predicted molar refractivity (Wildman–Crippen MR) is 163 cm³/mol. The van der Waals surface area contributed by atoms with Gasteiger partial charge in [0.1, 0.15) is 11.5 Å². The Morgan fingerprint density at radius 2 is 1.05 bits per heavy atom. The molecular formula is C33H36N6O4. The molecule has 0 bridgehead atoms. The van der Waals surface area contributed by atoms with E-state index in [0.29, 0.717) is 11.6 Å². The Balaban J connectivity index is 1.14. The summed E-state index contributed by atoms with van der Waals surface area (Å²) in [5.41, 5.74) is 3.60. The second-order valence-corrected chi connectivity index (χ2v) is 10.7. The van der Waals surface area contributed by atoms with Gasteiger partial charge in [0.2, 0.25) is 11.8 Å². The molecule has 10 heteroatoms. The standard InChI is InChI=1S/C33H36N6O4/c1-42-26-11-7-22(8-12-26)19-32(40)34-30-17-15-28(36-38-30)24-5-3-4-6-25(21-24)29-16-18-31(39-37-29)35-33(41)20-23-9-13-27(43-2)14-10-23/h7-18,24-25H,3-6,19-21H2,1-2H3,(H,34,38,40)(H,35,39,41). The number of carbonyl (C=O) groups is 2. The molecule has 5 rings (SSSR count). The molecule has 0 saturated heterocycles. The molecule has 4 aromatic rings. The molecule has 222 valence electrons. The van der Waals surface area contributed by atoms with Gasteiger partial charge in [0, 0.05) is 11.8 Å². The van der Waals surface area contributed by atoms with E-state index in [0.717, 1.165) is 66.1 Å². The van der Waals surface area contributed by atoms with Gasteiger partial charge in [-0.15, -0.1) is 10.2 Å². The van der Waals surface area contributed by atoms with Crippen molar-refractivity contribution in [1.82, 2.24) is 20.4 Å². The van der Waals surface area contributed by atoms with Crippen molar-refractivity contribution in [3.63, 3.8) is 0 Å². The highest BCUT2D eigenvalue weighted by Crippen LogP contribution is 2.38. The molecule has 10 nitrogen and oxygen atoms in total. The molecule has 1 fully saturated rings. The van der Waals surface area contributed by atoms with Gasteiger partial charge >= 0.3 is 0 Å². The van der Waals surface area contributed by atoms with Gasteiger partial charge in [-0.1, -0.05) is 37.1 Å². The third-order valence-electron chi connectivity index (χ3n) is 7.71. The molecule has 0 spiro atoms. The Morgan fingerprint density at radius 1 is 0.628 bits per heavy atom. The molecule has 1 aliphatic rings. The van der Waals surface area contributed by atoms with Crippen LogP contribution in [0.5, 0.6) is 11.5 Å². The van der Waals surface area contributed by atoms with E-state index in [2.05, 4.69) is 31.0 Å². The Morgan fingerprint density at radius 3 is 1.40 bits per heavy atom. The van der Waals surface area contributed by atoms with E-state index in [-0.39, 0.29) is 36.5 Å². The average molecular weight is 581 g/mol. The number of rotatable bonds is 10. The molecule has 2 N–H and O–H groups in total. The van der Waals surface area contributed by atoms with Crippen molar-refractivity contribution in [2.24, 2.45) is 0 Å². The topological polar surface area (TPSA) is 128 Å². The van der Waals surface area contributed by atoms with Crippen molar-refractivity contribution in [2.75, 3.05) is 24.9 Å². The fourth-order valence-electron chi connectivity index (χ4n) is 5.38. The first-order valence-electron chi connectivity index (χ1n) is 14.5. The number of carbonyl (C=O) groups excluding carboxylic acids is 2. The van der Waals surface area contributed by atoms with Crippen LogP contribution < -0.4 is 20.1 Å². The third kappa shape index (κ3) is 8.34. The fraction of sp³-hybridized carbons (Fsp3) is 0.333. The van der Waals surface area contributed by atoms with Gasteiger partial charge < -0.3 is 20.1 Å². The number of benzene rings is 2. The van der Waals surface area contributed by atoms with Crippen LogP contribution in [0.15, 0.2) is 72.8 Å². The zero-order valence-corrected chi connectivity index (χ0v) is 24.5. The van der Waals surface area contributed by atoms with Crippen LogP contribution in [0.25, 0.3) is 0 Å². The number of nitrogens with one attached hydrogen (secondary N) is 2. The highest BCUT2D eigenvalue weighted by Gasteiger charge is 2.25. The van der Waals surface area contributed by atoms with Gasteiger partial charge in [0.05, 0.1) is 38.4 Å². The van der Waals surface area contributed by atoms with E-state index in [9.17, 15) is 9.59 Å². The molecule has 2 atom stereocenters. The lowest BCUT2D eigenvalue weighted by molar-refractivity contribution is -0.116. The van der Waals surface area contributed by atoms with Gasteiger partial charge in [-0.05, 0) is 78.9 Å². The highest BCUT2D eigenvalue weighted by atomic mass is 16.5. The zero-order chi connectivity index (χ0) is 30.0. The van der Waals surface area contributed by atoms with Crippen molar-refractivity contribution in [1.29, 1.82) is 0 Å². The first kappa shape index (κ1) is 29.6. The second-order valence-electron chi connectivity index (χ2n) is 10.7. The fourth-order valence-corrected chi connectivity index (χ4v) is 5.38. The minimum Gasteiger partial charge on any atom is -0.497 e. The molecule has 2 aromatic heterocycles. The summed E-state index contributed by atoms with van der Waals surface area (Å²) in [4.78, 5) is 25.0. The summed E-state index contributed by atoms with van der Waals surface area (Å²) in [6, 6.07) is 22.4. The summed E-state index contributed by atoms with van der Waals surface area (Å²) in [5.74, 6) is 2.53. The van der Waals surface area contributed by atoms with Crippen molar-refractivity contribution in [3.05, 3.63) is 95.3 Å². The number of amides is 2. The van der Waals surface area contributed by atoms with E-state index < -0.39 is 0 Å². The normalized spacial score (nSPS) is 16.5. The largest absolute Gasteiger partial charge is 0.497 e. The van der Waals surface area contributed by atoms with Crippen LogP contribution in [0.1, 0.15) is 66.5 Å². The molecular weight excluding hydrogens is 544 g/mol. The molecule has 1 aliphatic carbocycles. The number of anilines is 2. The Hall–Kier alpha value is -4.86. The highest BCUT2D eigenvalue weighted by molar-refractivity contribution is 5.91. The molecule has 0 radical (unpaired) electrons. The van der Waals surface area contributed by atoms with Crippen LogP contribution in [0.2, 0.25) is 0 Å². The summed E-state index contributed by atoms with van der Waals surface area (Å²) in [5, 5.41) is 23.2. The van der Waals surface area contributed by atoms with Crippen molar-refractivity contribution in [3.8, 4) is 11.5 Å². The van der Waals surface area contributed by atoms with Crippen LogP contribution >= 0.6 is 0 Å². The van der Waals surface area contributed by atoms with Crippen LogP contribution in [0.3, 0.4) is 0 Å². The molecule has 2 aromatic carbocycles. The van der Waals surface area contributed by atoms with Crippen LogP contribution in [-0.4, -0.2) is 46.4 Å². The Bertz CT molecular complexity index is 1380. The van der Waals surface area contributed by atoms with Crippen molar-refractivity contribution < 1.29 is 19.1 Å². The number of aromatic nitrogens is 4. The number of methoxy groups -OCH3 is 2. The second kappa shape index (κ2) is 14.4. The SMILES string of the molecule is COc1ccc(CC(=O)Nc2ccc(C3CCCCC(c4ccc(NC(=O)Cc5ccc(OC)cc5)nn4)C3)nn2)cc1. The van der Waals surface area contributed by atoms with Gasteiger partial charge in [-0.3, -0.25) is 9.59 Å². The summed E-state index contributed by atoms with van der Waals surface area (Å²) in [6.45, 7) is 0. The number of hydrogen-bond donors (Lipinski definition) is 2. The summed E-state index contributed by atoms with van der Waals surface area (Å²) < 4.78 is 10.3. The van der Waals surface area contributed by atoms with Crippen molar-refractivity contribution in [2.45, 2.75) is 56.8 Å². The average Bonchev–Trinajstić information content (AvgIpc) is 3.29. The lowest BCUT2D eigenvalue weighted by Gasteiger charge is -2.19. The Labute approximate surface area is 251 Å². The summed E-state index contributed by atoms with van der Waals surface area (Å²) >= 11 is 0. The minimum absolute atomic E-state index is 0.152. The molecule has 1 saturated carbocycles. The summed E-state index contributed by atoms with van der Waals surface area (Å²) in [6.07, 6.45) is 5.58. The first-order chi connectivity index (χ1) is 21.0. The minimum atomic E-state index is -0.152. The molecule has 43 heavy (non-hydrogen) atoms. The monoisotopic (exact) mass is 580 g/mol. The number of ether oxygens (including phenoxy) is 2. The molecule has 0 aliphatic heterocycles. The van der Waals surface area contributed by atoms with Crippen molar-refractivity contribution >= 4 is 23.5 Å². The van der Waals surface area contributed by atoms with Crippen LogP contribution in [0, 0.1) is 0 Å². The first-order valence-corrected chi connectivity index (χ1v) is 14.5. The maximum absolute atomic E-state index is 12.5. The zero-order valence-electron chi connectivity index (χ0n) is 24.5. The van der Waals surface area contributed by atoms with E-state index in [4.69, 9.17) is 9.47 Å². The Kier molecular flexibility index (Phi) is 9.89. The van der Waals surface area contributed by atoms with Gasteiger partial charge in [0.25, 0.3) is 0 Å².